The fraction of sp³-hybridized carbons (Fsp3) is 0.333. The van der Waals surface area contributed by atoms with Crippen molar-refractivity contribution in [1.29, 1.82) is 0 Å². The first-order valence-electron chi connectivity index (χ1n) is 6.60. The number of hydrogen-bond acceptors (Lipinski definition) is 3. The highest BCUT2D eigenvalue weighted by molar-refractivity contribution is 7.11. The minimum Gasteiger partial charge on any atom is -0.352 e. The highest BCUT2D eigenvalue weighted by Gasteiger charge is 2.04. The average Bonchev–Trinajstić information content (AvgIpc) is 2.79. The largest absolute Gasteiger partial charge is 0.352 e. The SMILES string of the molecule is CN=C(NCc1ccccc1)NCc1nc(C)c(C)s1. The van der Waals surface area contributed by atoms with Crippen molar-refractivity contribution in [2.45, 2.75) is 26.9 Å². The molecule has 0 aliphatic heterocycles. The molecule has 0 fully saturated rings. The molecule has 2 rings (SSSR count). The number of thiazole rings is 1. The Bertz CT molecular complexity index is 555. The van der Waals surface area contributed by atoms with Crippen molar-refractivity contribution >= 4 is 17.3 Å². The summed E-state index contributed by atoms with van der Waals surface area (Å²) in [4.78, 5) is 10.00. The Balaban J connectivity index is 1.84. The predicted molar refractivity (Wildman–Crippen MR) is 85.1 cm³/mol. The zero-order valence-electron chi connectivity index (χ0n) is 12.1. The lowest BCUT2D eigenvalue weighted by atomic mass is 10.2. The van der Waals surface area contributed by atoms with E-state index in [1.54, 1.807) is 18.4 Å². The van der Waals surface area contributed by atoms with Crippen LogP contribution in [0.2, 0.25) is 0 Å². The van der Waals surface area contributed by atoms with Gasteiger partial charge in [-0.05, 0) is 19.4 Å². The molecule has 1 aromatic heterocycles. The number of benzene rings is 1. The minimum absolute atomic E-state index is 0.702. The van der Waals surface area contributed by atoms with Crippen LogP contribution in [0.25, 0.3) is 0 Å². The van der Waals surface area contributed by atoms with Crippen LogP contribution in [0.5, 0.6) is 0 Å². The van der Waals surface area contributed by atoms with Gasteiger partial charge in [0.2, 0.25) is 0 Å². The van der Waals surface area contributed by atoms with Crippen LogP contribution in [-0.4, -0.2) is 18.0 Å². The van der Waals surface area contributed by atoms with E-state index in [0.717, 1.165) is 23.2 Å². The van der Waals surface area contributed by atoms with E-state index < -0.39 is 0 Å². The molecule has 0 spiro atoms. The lowest BCUT2D eigenvalue weighted by molar-refractivity contribution is 0.803. The van der Waals surface area contributed by atoms with Gasteiger partial charge in [-0.15, -0.1) is 11.3 Å². The number of hydrogen-bond donors (Lipinski definition) is 2. The minimum atomic E-state index is 0.702. The van der Waals surface area contributed by atoms with Crippen molar-refractivity contribution in [1.82, 2.24) is 15.6 Å². The monoisotopic (exact) mass is 288 g/mol. The van der Waals surface area contributed by atoms with Crippen molar-refractivity contribution < 1.29 is 0 Å². The quantitative estimate of drug-likeness (QED) is 0.671. The number of rotatable bonds is 4. The topological polar surface area (TPSA) is 49.3 Å². The van der Waals surface area contributed by atoms with Gasteiger partial charge in [0.05, 0.1) is 12.2 Å². The molecule has 0 atom stereocenters. The Hall–Kier alpha value is -1.88. The van der Waals surface area contributed by atoms with Gasteiger partial charge in [0.25, 0.3) is 0 Å². The highest BCUT2D eigenvalue weighted by Crippen LogP contribution is 2.15. The number of aryl methyl sites for hydroxylation is 2. The van der Waals surface area contributed by atoms with E-state index in [0.29, 0.717) is 6.54 Å². The van der Waals surface area contributed by atoms with E-state index in [1.807, 2.05) is 25.1 Å². The number of nitrogens with zero attached hydrogens (tertiary/aromatic N) is 2. The Morgan fingerprint density at radius 3 is 2.45 bits per heavy atom. The summed E-state index contributed by atoms with van der Waals surface area (Å²) in [6, 6.07) is 10.3. The summed E-state index contributed by atoms with van der Waals surface area (Å²) >= 11 is 1.72. The van der Waals surface area contributed by atoms with Gasteiger partial charge in [0.15, 0.2) is 5.96 Å². The molecule has 0 bridgehead atoms. The van der Waals surface area contributed by atoms with Crippen LogP contribution in [0, 0.1) is 13.8 Å². The Labute approximate surface area is 124 Å². The molecule has 0 amide bonds. The summed E-state index contributed by atoms with van der Waals surface area (Å²) < 4.78 is 0. The van der Waals surface area contributed by atoms with Gasteiger partial charge >= 0.3 is 0 Å². The molecule has 2 aromatic rings. The van der Waals surface area contributed by atoms with Crippen LogP contribution in [0.1, 0.15) is 21.1 Å². The van der Waals surface area contributed by atoms with E-state index in [2.05, 4.69) is 39.7 Å². The molecular formula is C15H20N4S. The normalized spacial score (nSPS) is 11.4. The molecule has 0 radical (unpaired) electrons. The van der Waals surface area contributed by atoms with E-state index in [1.165, 1.54) is 10.4 Å². The number of aromatic nitrogens is 1. The Kier molecular flexibility index (Phi) is 5.12. The standard InChI is InChI=1S/C15H20N4S/c1-11-12(2)20-14(19-11)10-18-15(16-3)17-9-13-7-5-4-6-8-13/h4-8H,9-10H2,1-3H3,(H2,16,17,18). The van der Waals surface area contributed by atoms with Crippen molar-refractivity contribution in [3.05, 3.63) is 51.5 Å². The van der Waals surface area contributed by atoms with Crippen LogP contribution in [0.4, 0.5) is 0 Å². The molecule has 0 saturated heterocycles. The summed E-state index contributed by atoms with van der Waals surface area (Å²) in [5.41, 5.74) is 2.34. The lowest BCUT2D eigenvalue weighted by Crippen LogP contribution is -2.36. The predicted octanol–water partition coefficient (Wildman–Crippen LogP) is 2.63. The number of aliphatic imine (C=N–C) groups is 1. The summed E-state index contributed by atoms with van der Waals surface area (Å²) in [6.07, 6.45) is 0. The zero-order valence-corrected chi connectivity index (χ0v) is 12.9. The van der Waals surface area contributed by atoms with Gasteiger partial charge in [-0.1, -0.05) is 30.3 Å². The molecule has 0 aliphatic rings. The maximum Gasteiger partial charge on any atom is 0.191 e. The van der Waals surface area contributed by atoms with Crippen molar-refractivity contribution in [3.8, 4) is 0 Å². The van der Waals surface area contributed by atoms with Crippen molar-refractivity contribution in [3.63, 3.8) is 0 Å². The van der Waals surface area contributed by atoms with Gasteiger partial charge in [-0.2, -0.15) is 0 Å². The highest BCUT2D eigenvalue weighted by atomic mass is 32.1. The van der Waals surface area contributed by atoms with Crippen LogP contribution in [0.3, 0.4) is 0 Å². The van der Waals surface area contributed by atoms with Gasteiger partial charge < -0.3 is 10.6 Å². The molecule has 2 N–H and O–H groups in total. The molecule has 0 aliphatic carbocycles. The second-order valence-electron chi connectivity index (χ2n) is 4.51. The lowest BCUT2D eigenvalue weighted by Gasteiger charge is -2.10. The van der Waals surface area contributed by atoms with E-state index >= 15 is 0 Å². The Morgan fingerprint density at radius 1 is 1.15 bits per heavy atom. The molecule has 1 heterocycles. The molecule has 0 unspecified atom stereocenters. The smallest absolute Gasteiger partial charge is 0.191 e. The summed E-state index contributed by atoms with van der Waals surface area (Å²) in [6.45, 7) is 5.60. The molecule has 4 nitrogen and oxygen atoms in total. The summed E-state index contributed by atoms with van der Waals surface area (Å²) in [7, 11) is 1.78. The van der Waals surface area contributed by atoms with Gasteiger partial charge in [-0.3, -0.25) is 4.99 Å². The first-order valence-corrected chi connectivity index (χ1v) is 7.42. The van der Waals surface area contributed by atoms with E-state index in [-0.39, 0.29) is 0 Å². The fourth-order valence-corrected chi connectivity index (χ4v) is 2.65. The zero-order chi connectivity index (χ0) is 14.4. The van der Waals surface area contributed by atoms with Crippen LogP contribution in [0.15, 0.2) is 35.3 Å². The second-order valence-corrected chi connectivity index (χ2v) is 5.80. The number of guanidine groups is 1. The number of nitrogens with one attached hydrogen (secondary N) is 2. The maximum absolute atomic E-state index is 4.51. The van der Waals surface area contributed by atoms with Crippen LogP contribution >= 0.6 is 11.3 Å². The van der Waals surface area contributed by atoms with Crippen molar-refractivity contribution in [2.75, 3.05) is 7.05 Å². The summed E-state index contributed by atoms with van der Waals surface area (Å²) in [5.74, 6) is 0.791. The van der Waals surface area contributed by atoms with Crippen LogP contribution < -0.4 is 10.6 Å². The third-order valence-electron chi connectivity index (χ3n) is 3.01. The van der Waals surface area contributed by atoms with Crippen molar-refractivity contribution in [2.24, 2.45) is 4.99 Å². The van der Waals surface area contributed by atoms with Gasteiger partial charge in [-0.25, -0.2) is 4.98 Å². The van der Waals surface area contributed by atoms with E-state index in [9.17, 15) is 0 Å². The van der Waals surface area contributed by atoms with Gasteiger partial charge in [0.1, 0.15) is 5.01 Å². The average molecular weight is 288 g/mol. The molecular weight excluding hydrogens is 268 g/mol. The second kappa shape index (κ2) is 7.05. The molecule has 0 saturated carbocycles. The third-order valence-corrected chi connectivity index (χ3v) is 4.08. The molecule has 5 heteroatoms. The summed E-state index contributed by atoms with van der Waals surface area (Å²) in [5, 5.41) is 7.66. The first-order chi connectivity index (χ1) is 9.69. The molecule has 1 aromatic carbocycles. The third kappa shape index (κ3) is 4.06. The molecule has 20 heavy (non-hydrogen) atoms. The van der Waals surface area contributed by atoms with Gasteiger partial charge in [0, 0.05) is 18.5 Å². The fourth-order valence-electron chi connectivity index (χ4n) is 1.78. The maximum atomic E-state index is 4.51. The first kappa shape index (κ1) is 14.5. The Morgan fingerprint density at radius 2 is 1.85 bits per heavy atom. The van der Waals surface area contributed by atoms with E-state index in [4.69, 9.17) is 0 Å². The molecule has 106 valence electrons. The van der Waals surface area contributed by atoms with Crippen LogP contribution in [-0.2, 0) is 13.1 Å².